The normalized spacial score (nSPS) is 11.6. The number of nitrogens with zero attached hydrogens (tertiary/aromatic N) is 3. The van der Waals surface area contributed by atoms with Gasteiger partial charge >= 0.3 is 5.97 Å². The van der Waals surface area contributed by atoms with Gasteiger partial charge in [-0.2, -0.15) is 15.0 Å². The van der Waals surface area contributed by atoms with Gasteiger partial charge in [0.25, 0.3) is 0 Å². The summed E-state index contributed by atoms with van der Waals surface area (Å²) in [7, 11) is 0. The predicted octanol–water partition coefficient (Wildman–Crippen LogP) is 2.46. The number of ether oxygens (including phenoxy) is 1. The molecule has 3 aromatic rings. The van der Waals surface area contributed by atoms with Crippen LogP contribution in [0, 0.1) is 0 Å². The molecule has 1 heterocycles. The van der Waals surface area contributed by atoms with Crippen molar-refractivity contribution in [3.63, 3.8) is 0 Å². The summed E-state index contributed by atoms with van der Waals surface area (Å²) in [6.45, 7) is 1.32. The summed E-state index contributed by atoms with van der Waals surface area (Å²) < 4.78 is 5.20. The van der Waals surface area contributed by atoms with Gasteiger partial charge in [-0.1, -0.05) is 48.5 Å². The number of carbonyl (C=O) groups excluding carboxylic acids is 2. The maximum Gasteiger partial charge on any atom is 0.328 e. The second-order valence-corrected chi connectivity index (χ2v) is 6.51. The number of hydrogen-bond donors (Lipinski definition) is 3. The third kappa shape index (κ3) is 6.93. The Bertz CT molecular complexity index is 1060. The van der Waals surface area contributed by atoms with E-state index >= 15 is 0 Å². The van der Waals surface area contributed by atoms with Gasteiger partial charge in [0.1, 0.15) is 6.04 Å². The van der Waals surface area contributed by atoms with E-state index in [-0.39, 0.29) is 24.3 Å². The molecule has 0 aliphatic carbocycles. The largest absolute Gasteiger partial charge is 0.456 e. The highest BCUT2D eigenvalue weighted by Crippen LogP contribution is 2.13. The number of anilines is 3. The first-order chi connectivity index (χ1) is 15.0. The van der Waals surface area contributed by atoms with Crippen LogP contribution in [0.5, 0.6) is 0 Å². The Morgan fingerprint density at radius 3 is 2.42 bits per heavy atom. The van der Waals surface area contributed by atoms with E-state index in [2.05, 4.69) is 25.6 Å². The molecule has 9 heteroatoms. The topological polar surface area (TPSA) is 132 Å². The molecular weight excluding hydrogens is 396 g/mol. The molecule has 0 fully saturated rings. The first kappa shape index (κ1) is 21.4. The quantitative estimate of drug-likeness (QED) is 0.375. The van der Waals surface area contributed by atoms with Gasteiger partial charge in [0.15, 0.2) is 12.4 Å². The molecule has 0 aliphatic rings. The Kier molecular flexibility index (Phi) is 7.26. The SMILES string of the molecule is C[C@H](NC(=O)/C=C/c1ccccc1)C(=O)OCc1nc(N)nc(Nc2ccccc2)n1. The van der Waals surface area contributed by atoms with E-state index in [0.29, 0.717) is 0 Å². The van der Waals surface area contributed by atoms with Gasteiger partial charge in [0.2, 0.25) is 17.8 Å². The molecule has 1 amide bonds. The highest BCUT2D eigenvalue weighted by molar-refractivity contribution is 5.94. The lowest BCUT2D eigenvalue weighted by atomic mass is 10.2. The Balaban J connectivity index is 1.52. The molecule has 0 spiro atoms. The average molecular weight is 418 g/mol. The summed E-state index contributed by atoms with van der Waals surface area (Å²) in [6, 6.07) is 17.8. The van der Waals surface area contributed by atoms with Crippen LogP contribution in [0.25, 0.3) is 6.08 Å². The number of amides is 1. The van der Waals surface area contributed by atoms with Crippen LogP contribution in [0.3, 0.4) is 0 Å². The zero-order chi connectivity index (χ0) is 22.1. The Hall–Kier alpha value is -4.27. The molecule has 158 valence electrons. The van der Waals surface area contributed by atoms with Crippen LogP contribution in [0.15, 0.2) is 66.7 Å². The van der Waals surface area contributed by atoms with Crippen LogP contribution < -0.4 is 16.4 Å². The number of nitrogen functional groups attached to an aromatic ring is 1. The highest BCUT2D eigenvalue weighted by Gasteiger charge is 2.17. The molecule has 0 bridgehead atoms. The molecule has 0 radical (unpaired) electrons. The van der Waals surface area contributed by atoms with E-state index < -0.39 is 17.9 Å². The van der Waals surface area contributed by atoms with Gasteiger partial charge in [0.05, 0.1) is 0 Å². The van der Waals surface area contributed by atoms with E-state index in [0.717, 1.165) is 11.3 Å². The summed E-state index contributed by atoms with van der Waals surface area (Å²) in [4.78, 5) is 36.4. The van der Waals surface area contributed by atoms with Gasteiger partial charge in [-0.15, -0.1) is 0 Å². The van der Waals surface area contributed by atoms with Gasteiger partial charge in [-0.3, -0.25) is 4.79 Å². The van der Waals surface area contributed by atoms with E-state index in [4.69, 9.17) is 10.5 Å². The van der Waals surface area contributed by atoms with E-state index in [1.807, 2.05) is 60.7 Å². The van der Waals surface area contributed by atoms with Crippen molar-refractivity contribution < 1.29 is 14.3 Å². The molecule has 1 aromatic heterocycles. The zero-order valence-corrected chi connectivity index (χ0v) is 16.9. The van der Waals surface area contributed by atoms with Gasteiger partial charge in [0, 0.05) is 11.8 Å². The number of rotatable bonds is 8. The molecule has 0 saturated carbocycles. The second-order valence-electron chi connectivity index (χ2n) is 6.51. The summed E-state index contributed by atoms with van der Waals surface area (Å²) in [5.74, 6) is -0.629. The minimum atomic E-state index is -0.853. The summed E-state index contributed by atoms with van der Waals surface area (Å²) in [6.07, 6.45) is 3.01. The second kappa shape index (κ2) is 10.5. The number of benzene rings is 2. The molecule has 1 atom stereocenters. The summed E-state index contributed by atoms with van der Waals surface area (Å²) in [5.41, 5.74) is 7.37. The number of aromatic nitrogens is 3. The van der Waals surface area contributed by atoms with Crippen LogP contribution in [-0.2, 0) is 20.9 Å². The van der Waals surface area contributed by atoms with Crippen molar-refractivity contribution in [1.29, 1.82) is 0 Å². The van der Waals surface area contributed by atoms with Crippen molar-refractivity contribution in [3.05, 3.63) is 78.1 Å². The van der Waals surface area contributed by atoms with Crippen molar-refractivity contribution in [3.8, 4) is 0 Å². The standard InChI is InChI=1S/C22H22N6O3/c1-15(24-19(29)13-12-16-8-4-2-5-9-16)20(30)31-14-18-26-21(23)28-22(27-18)25-17-10-6-3-7-11-17/h2-13,15H,14H2,1H3,(H,24,29)(H3,23,25,26,27,28)/b13-12+/t15-/m0/s1. The third-order valence-corrected chi connectivity index (χ3v) is 4.01. The van der Waals surface area contributed by atoms with Gasteiger partial charge in [-0.25, -0.2) is 4.79 Å². The third-order valence-electron chi connectivity index (χ3n) is 4.01. The monoisotopic (exact) mass is 418 g/mol. The van der Waals surface area contributed by atoms with E-state index in [9.17, 15) is 9.59 Å². The van der Waals surface area contributed by atoms with Crippen LogP contribution >= 0.6 is 0 Å². The lowest BCUT2D eigenvalue weighted by Gasteiger charge is -2.12. The summed E-state index contributed by atoms with van der Waals surface area (Å²) >= 11 is 0. The van der Waals surface area contributed by atoms with Crippen molar-refractivity contribution in [1.82, 2.24) is 20.3 Å². The van der Waals surface area contributed by atoms with Gasteiger partial charge in [-0.05, 0) is 30.7 Å². The molecule has 31 heavy (non-hydrogen) atoms. The molecule has 4 N–H and O–H groups in total. The number of nitrogens with two attached hydrogens (primary N) is 1. The van der Waals surface area contributed by atoms with E-state index in [1.54, 1.807) is 6.08 Å². The molecule has 0 unspecified atom stereocenters. The predicted molar refractivity (Wildman–Crippen MR) is 117 cm³/mol. The van der Waals surface area contributed by atoms with Crippen LogP contribution in [0.4, 0.5) is 17.6 Å². The lowest BCUT2D eigenvalue weighted by molar-refractivity contribution is -0.148. The van der Waals surface area contributed by atoms with Crippen LogP contribution in [0.1, 0.15) is 18.3 Å². The van der Waals surface area contributed by atoms with E-state index in [1.165, 1.54) is 13.0 Å². The fraction of sp³-hybridized carbons (Fsp3) is 0.136. The molecule has 0 aliphatic heterocycles. The minimum absolute atomic E-state index is 0.00752. The highest BCUT2D eigenvalue weighted by atomic mass is 16.5. The maximum absolute atomic E-state index is 12.2. The Morgan fingerprint density at radius 2 is 1.71 bits per heavy atom. The fourth-order valence-electron chi connectivity index (χ4n) is 2.53. The minimum Gasteiger partial charge on any atom is -0.456 e. The van der Waals surface area contributed by atoms with Crippen LogP contribution in [-0.4, -0.2) is 32.9 Å². The zero-order valence-electron chi connectivity index (χ0n) is 16.9. The smallest absolute Gasteiger partial charge is 0.328 e. The number of esters is 1. The van der Waals surface area contributed by atoms with Crippen molar-refractivity contribution >= 4 is 35.5 Å². The van der Waals surface area contributed by atoms with Crippen molar-refractivity contribution in [2.45, 2.75) is 19.6 Å². The van der Waals surface area contributed by atoms with Gasteiger partial charge < -0.3 is 21.1 Å². The van der Waals surface area contributed by atoms with Crippen molar-refractivity contribution in [2.24, 2.45) is 0 Å². The fourth-order valence-corrected chi connectivity index (χ4v) is 2.53. The first-order valence-electron chi connectivity index (χ1n) is 9.52. The Labute approximate surface area is 179 Å². The first-order valence-corrected chi connectivity index (χ1v) is 9.52. The number of carbonyl (C=O) groups is 2. The molecule has 3 rings (SSSR count). The lowest BCUT2D eigenvalue weighted by Crippen LogP contribution is -2.38. The summed E-state index contributed by atoms with van der Waals surface area (Å²) in [5, 5.41) is 5.55. The number of para-hydroxylation sites is 1. The molecule has 2 aromatic carbocycles. The molecular formula is C22H22N6O3. The Morgan fingerprint density at radius 1 is 1.03 bits per heavy atom. The van der Waals surface area contributed by atoms with Crippen LogP contribution in [0.2, 0.25) is 0 Å². The number of hydrogen-bond acceptors (Lipinski definition) is 8. The van der Waals surface area contributed by atoms with Crippen molar-refractivity contribution in [2.75, 3.05) is 11.1 Å². The average Bonchev–Trinajstić information content (AvgIpc) is 2.77. The maximum atomic E-state index is 12.2. The molecule has 9 nitrogen and oxygen atoms in total. The molecule has 0 saturated heterocycles. The number of nitrogens with one attached hydrogen (secondary N) is 2.